The summed E-state index contributed by atoms with van der Waals surface area (Å²) in [4.78, 5) is 27.0. The summed E-state index contributed by atoms with van der Waals surface area (Å²) in [6.07, 6.45) is 3.40. The molecule has 1 unspecified atom stereocenters. The van der Waals surface area contributed by atoms with Crippen LogP contribution in [0.2, 0.25) is 0 Å². The zero-order chi connectivity index (χ0) is 15.4. The van der Waals surface area contributed by atoms with E-state index in [4.69, 9.17) is 0 Å². The first-order chi connectivity index (χ1) is 9.99. The van der Waals surface area contributed by atoms with Crippen LogP contribution in [0.25, 0.3) is 0 Å². The third-order valence-corrected chi connectivity index (χ3v) is 3.81. The lowest BCUT2D eigenvalue weighted by Crippen LogP contribution is -2.48. The van der Waals surface area contributed by atoms with Gasteiger partial charge in [-0.25, -0.2) is 4.98 Å². The van der Waals surface area contributed by atoms with Gasteiger partial charge in [-0.3, -0.25) is 4.79 Å². The number of nitrogens with one attached hydrogen (secondary N) is 2. The van der Waals surface area contributed by atoms with Crippen molar-refractivity contribution in [2.75, 3.05) is 13.1 Å². The number of H-pyrrole nitrogens is 1. The van der Waals surface area contributed by atoms with Gasteiger partial charge in [-0.15, -0.1) is 0 Å². The third kappa shape index (κ3) is 3.81. The van der Waals surface area contributed by atoms with Crippen molar-refractivity contribution in [3.05, 3.63) is 27.9 Å². The molecular weight excluding hydrogens is 272 g/mol. The Bertz CT molecular complexity index is 506. The van der Waals surface area contributed by atoms with Gasteiger partial charge in [0, 0.05) is 24.7 Å². The van der Waals surface area contributed by atoms with E-state index in [-0.39, 0.29) is 23.5 Å². The molecule has 0 bridgehead atoms. The van der Waals surface area contributed by atoms with Crippen molar-refractivity contribution in [1.29, 1.82) is 0 Å². The molecule has 21 heavy (non-hydrogen) atoms. The number of amides is 1. The van der Waals surface area contributed by atoms with E-state index in [0.717, 1.165) is 13.0 Å². The fourth-order valence-corrected chi connectivity index (χ4v) is 2.62. The summed E-state index contributed by atoms with van der Waals surface area (Å²) < 4.78 is 0. The van der Waals surface area contributed by atoms with Crippen LogP contribution >= 0.6 is 0 Å². The minimum atomic E-state index is -0.529. The van der Waals surface area contributed by atoms with E-state index in [2.05, 4.69) is 10.3 Å². The number of hydrogen-bond donors (Lipinski definition) is 2. The quantitative estimate of drug-likeness (QED) is 0.641. The van der Waals surface area contributed by atoms with Gasteiger partial charge in [0.2, 0.25) is 0 Å². The first-order valence-corrected chi connectivity index (χ1v) is 7.37. The molecule has 1 amide bonds. The van der Waals surface area contributed by atoms with Crippen molar-refractivity contribution in [2.24, 2.45) is 0 Å². The number of carbonyl (C=O) groups is 1. The smallest absolute Gasteiger partial charge is 0.321 e. The van der Waals surface area contributed by atoms with Gasteiger partial charge in [0.15, 0.2) is 5.69 Å². The monoisotopic (exact) mass is 294 g/mol. The molecule has 1 fully saturated rings. The van der Waals surface area contributed by atoms with Gasteiger partial charge in [0.25, 0.3) is 5.91 Å². The third-order valence-electron chi connectivity index (χ3n) is 3.81. The van der Waals surface area contributed by atoms with E-state index >= 15 is 0 Å². The average Bonchev–Trinajstić information content (AvgIpc) is 2.95. The highest BCUT2D eigenvalue weighted by molar-refractivity contribution is 5.93. The minimum Gasteiger partial charge on any atom is -0.358 e. The normalized spacial score (nSPS) is 18.7. The minimum absolute atomic E-state index is 0.0450. The molecule has 0 radical (unpaired) electrons. The van der Waals surface area contributed by atoms with Crippen molar-refractivity contribution < 1.29 is 9.72 Å². The Hall–Kier alpha value is -1.89. The molecule has 1 atom stereocenters. The molecule has 1 aromatic rings. The lowest BCUT2D eigenvalue weighted by atomic mass is 10.0. The molecule has 1 aliphatic rings. The number of hydrogen-bond acceptors (Lipinski definition) is 4. The van der Waals surface area contributed by atoms with Crippen LogP contribution in [0.15, 0.2) is 12.1 Å². The molecule has 7 nitrogen and oxygen atoms in total. The predicted molar refractivity (Wildman–Crippen MR) is 79.3 cm³/mol. The molecule has 116 valence electrons. The highest BCUT2D eigenvalue weighted by atomic mass is 16.6. The molecule has 2 N–H and O–H groups in total. The van der Waals surface area contributed by atoms with Crippen molar-refractivity contribution in [2.45, 2.75) is 45.2 Å². The number of nitrogens with zero attached hydrogens (tertiary/aromatic N) is 2. The van der Waals surface area contributed by atoms with Crippen LogP contribution in [0.5, 0.6) is 0 Å². The van der Waals surface area contributed by atoms with Crippen LogP contribution in [-0.2, 0) is 0 Å². The van der Waals surface area contributed by atoms with Gasteiger partial charge in [0.1, 0.15) is 0 Å². The molecule has 2 rings (SSSR count). The van der Waals surface area contributed by atoms with Crippen LogP contribution < -0.4 is 5.32 Å². The molecular formula is C14H22N4O3. The van der Waals surface area contributed by atoms with Gasteiger partial charge < -0.3 is 20.3 Å². The van der Waals surface area contributed by atoms with Crippen molar-refractivity contribution >= 4 is 11.7 Å². The number of rotatable bonds is 5. The van der Waals surface area contributed by atoms with Crippen LogP contribution in [0.3, 0.4) is 0 Å². The van der Waals surface area contributed by atoms with Crippen LogP contribution in [-0.4, -0.2) is 45.9 Å². The molecule has 0 spiro atoms. The standard InChI is InChI=1S/C14H22N4O3/c1-10(2)17(9-11-5-3-4-8-15-11)14(19)12-6-7-13(16-12)18(20)21/h6-7,10-11,15-16H,3-5,8-9H2,1-2H3. The van der Waals surface area contributed by atoms with E-state index < -0.39 is 4.92 Å². The van der Waals surface area contributed by atoms with Gasteiger partial charge in [0.05, 0.1) is 0 Å². The van der Waals surface area contributed by atoms with E-state index in [1.165, 1.54) is 25.0 Å². The maximum absolute atomic E-state index is 12.5. The Kier molecular flexibility index (Phi) is 4.95. The van der Waals surface area contributed by atoms with E-state index in [1.807, 2.05) is 13.8 Å². The fourth-order valence-electron chi connectivity index (χ4n) is 2.62. The summed E-state index contributed by atoms with van der Waals surface area (Å²) in [5.74, 6) is -0.344. The maximum atomic E-state index is 12.5. The molecule has 7 heteroatoms. The molecule has 1 aromatic heterocycles. The lowest BCUT2D eigenvalue weighted by Gasteiger charge is -2.32. The maximum Gasteiger partial charge on any atom is 0.321 e. The molecule has 1 saturated heterocycles. The molecule has 2 heterocycles. The largest absolute Gasteiger partial charge is 0.358 e. The van der Waals surface area contributed by atoms with Gasteiger partial charge in [-0.05, 0) is 44.2 Å². The van der Waals surface area contributed by atoms with E-state index in [9.17, 15) is 14.9 Å². The topological polar surface area (TPSA) is 91.3 Å². The summed E-state index contributed by atoms with van der Waals surface area (Å²) in [5.41, 5.74) is 0.270. The first kappa shape index (κ1) is 15.5. The molecule has 0 saturated carbocycles. The zero-order valence-electron chi connectivity index (χ0n) is 12.5. The van der Waals surface area contributed by atoms with Gasteiger partial charge in [-0.1, -0.05) is 6.42 Å². The summed E-state index contributed by atoms with van der Waals surface area (Å²) in [5, 5.41) is 14.1. The summed E-state index contributed by atoms with van der Waals surface area (Å²) in [6.45, 7) is 5.53. The Balaban J connectivity index is 2.08. The fraction of sp³-hybridized carbons (Fsp3) is 0.643. The number of aromatic nitrogens is 1. The first-order valence-electron chi connectivity index (χ1n) is 7.37. The Labute approximate surface area is 123 Å². The number of carbonyl (C=O) groups excluding carboxylic acids is 1. The predicted octanol–water partition coefficient (Wildman–Crippen LogP) is 1.92. The van der Waals surface area contributed by atoms with Crippen LogP contribution in [0, 0.1) is 10.1 Å². The SMILES string of the molecule is CC(C)N(CC1CCCCN1)C(=O)c1ccc([N+](=O)[O-])[nH]1. The molecule has 0 aromatic carbocycles. The highest BCUT2D eigenvalue weighted by Gasteiger charge is 2.26. The van der Waals surface area contributed by atoms with Crippen LogP contribution in [0.1, 0.15) is 43.6 Å². The second kappa shape index (κ2) is 6.71. The number of piperidine rings is 1. The second-order valence-corrected chi connectivity index (χ2v) is 5.71. The average molecular weight is 294 g/mol. The lowest BCUT2D eigenvalue weighted by molar-refractivity contribution is -0.389. The van der Waals surface area contributed by atoms with Gasteiger partial charge >= 0.3 is 5.82 Å². The van der Waals surface area contributed by atoms with E-state index in [0.29, 0.717) is 12.6 Å². The Morgan fingerprint density at radius 3 is 2.76 bits per heavy atom. The highest BCUT2D eigenvalue weighted by Crippen LogP contribution is 2.16. The summed E-state index contributed by atoms with van der Waals surface area (Å²) in [6, 6.07) is 3.15. The van der Waals surface area contributed by atoms with Crippen LogP contribution in [0.4, 0.5) is 5.82 Å². The summed E-state index contributed by atoms with van der Waals surface area (Å²) in [7, 11) is 0. The Morgan fingerprint density at radius 1 is 1.48 bits per heavy atom. The molecule has 0 aliphatic carbocycles. The number of aromatic amines is 1. The Morgan fingerprint density at radius 2 is 2.24 bits per heavy atom. The van der Waals surface area contributed by atoms with Gasteiger partial charge in [-0.2, -0.15) is 0 Å². The van der Waals surface area contributed by atoms with E-state index in [1.54, 1.807) is 4.90 Å². The van der Waals surface area contributed by atoms with Crippen molar-refractivity contribution in [1.82, 2.24) is 15.2 Å². The van der Waals surface area contributed by atoms with Crippen molar-refractivity contribution in [3.63, 3.8) is 0 Å². The number of nitro groups is 1. The molecule has 1 aliphatic heterocycles. The zero-order valence-corrected chi connectivity index (χ0v) is 12.5. The van der Waals surface area contributed by atoms with Crippen molar-refractivity contribution in [3.8, 4) is 0 Å². The summed E-state index contributed by atoms with van der Waals surface area (Å²) >= 11 is 0. The second-order valence-electron chi connectivity index (χ2n) is 5.71.